The molecular formula is C13H18BrN3O2S. The molecule has 1 unspecified atom stereocenters. The molecule has 0 amide bonds. The van der Waals surface area contributed by atoms with Crippen LogP contribution in [0.15, 0.2) is 28.7 Å². The third-order valence-electron chi connectivity index (χ3n) is 2.75. The van der Waals surface area contributed by atoms with Crippen molar-refractivity contribution in [3.8, 4) is 6.07 Å². The Morgan fingerprint density at radius 2 is 2.00 bits per heavy atom. The molecule has 0 heterocycles. The fourth-order valence-corrected chi connectivity index (χ4v) is 3.06. The minimum atomic E-state index is -3.54. The van der Waals surface area contributed by atoms with Crippen molar-refractivity contribution in [1.82, 2.24) is 9.03 Å². The molecular weight excluding hydrogens is 342 g/mol. The smallest absolute Gasteiger partial charge is 0.199 e. The van der Waals surface area contributed by atoms with E-state index >= 15 is 0 Å². The lowest BCUT2D eigenvalue weighted by Crippen LogP contribution is -2.43. The van der Waals surface area contributed by atoms with Crippen LogP contribution in [0.2, 0.25) is 0 Å². The van der Waals surface area contributed by atoms with E-state index in [-0.39, 0.29) is 19.0 Å². The fourth-order valence-electron chi connectivity index (χ4n) is 1.69. The van der Waals surface area contributed by atoms with Crippen molar-refractivity contribution in [1.29, 1.82) is 5.26 Å². The number of hydrogen-bond acceptors (Lipinski definition) is 3. The minimum Gasteiger partial charge on any atom is -0.199 e. The molecule has 20 heavy (non-hydrogen) atoms. The van der Waals surface area contributed by atoms with Crippen LogP contribution < -0.4 is 4.72 Å². The molecule has 0 aliphatic rings. The molecule has 1 aromatic carbocycles. The Morgan fingerprint density at radius 1 is 1.40 bits per heavy atom. The maximum atomic E-state index is 12.0. The quantitative estimate of drug-likeness (QED) is 0.809. The van der Waals surface area contributed by atoms with Crippen molar-refractivity contribution in [3.05, 3.63) is 34.3 Å². The number of hydrogen-bond donors (Lipinski definition) is 1. The molecule has 1 aromatic rings. The van der Waals surface area contributed by atoms with Crippen LogP contribution >= 0.6 is 15.9 Å². The molecule has 0 aromatic heterocycles. The predicted molar refractivity (Wildman–Crippen MR) is 82.2 cm³/mol. The lowest BCUT2D eigenvalue weighted by atomic mass is 10.1. The second-order valence-corrected chi connectivity index (χ2v) is 7.31. The summed E-state index contributed by atoms with van der Waals surface area (Å²) < 4.78 is 28.7. The highest BCUT2D eigenvalue weighted by molar-refractivity contribution is 9.10. The number of benzene rings is 1. The van der Waals surface area contributed by atoms with Gasteiger partial charge in [0.25, 0.3) is 10.2 Å². The summed E-state index contributed by atoms with van der Waals surface area (Å²) in [4.78, 5) is 0. The third kappa shape index (κ3) is 5.59. The number of nitrogens with zero attached hydrogens (tertiary/aromatic N) is 2. The SMILES string of the molecule is CC(Cc1ccc(Br)cc1)NS(=O)(=O)N(C)CCC#N. The molecule has 0 saturated heterocycles. The maximum absolute atomic E-state index is 12.0. The summed E-state index contributed by atoms with van der Waals surface area (Å²) >= 11 is 3.36. The summed E-state index contributed by atoms with van der Waals surface area (Å²) in [7, 11) is -2.07. The van der Waals surface area contributed by atoms with E-state index in [1.54, 1.807) is 0 Å². The highest BCUT2D eigenvalue weighted by Gasteiger charge is 2.19. The second kappa shape index (κ2) is 7.74. The highest BCUT2D eigenvalue weighted by Crippen LogP contribution is 2.12. The van der Waals surface area contributed by atoms with E-state index in [1.165, 1.54) is 7.05 Å². The normalized spacial score (nSPS) is 13.2. The molecule has 110 valence electrons. The summed E-state index contributed by atoms with van der Waals surface area (Å²) in [6.45, 7) is 2.01. The van der Waals surface area contributed by atoms with Gasteiger partial charge in [0.1, 0.15) is 0 Å². The van der Waals surface area contributed by atoms with E-state index in [4.69, 9.17) is 5.26 Å². The van der Waals surface area contributed by atoms with E-state index in [1.807, 2.05) is 37.3 Å². The summed E-state index contributed by atoms with van der Waals surface area (Å²) in [6.07, 6.45) is 0.789. The van der Waals surface area contributed by atoms with Crippen LogP contribution in [-0.4, -0.2) is 32.4 Å². The van der Waals surface area contributed by atoms with E-state index < -0.39 is 10.2 Å². The van der Waals surface area contributed by atoms with Gasteiger partial charge in [0.2, 0.25) is 0 Å². The van der Waals surface area contributed by atoms with Gasteiger partial charge in [0.05, 0.1) is 6.07 Å². The van der Waals surface area contributed by atoms with Gasteiger partial charge in [-0.3, -0.25) is 0 Å². The van der Waals surface area contributed by atoms with Gasteiger partial charge in [-0.15, -0.1) is 0 Å². The Kier molecular flexibility index (Phi) is 6.62. The monoisotopic (exact) mass is 359 g/mol. The standard InChI is InChI=1S/C13H18BrN3O2S/c1-11(10-12-4-6-13(14)7-5-12)16-20(18,19)17(2)9-3-8-15/h4-7,11,16H,3,9-10H2,1-2H3. The van der Waals surface area contributed by atoms with Crippen molar-refractivity contribution in [2.45, 2.75) is 25.8 Å². The molecule has 5 nitrogen and oxygen atoms in total. The van der Waals surface area contributed by atoms with Crippen molar-refractivity contribution in [2.75, 3.05) is 13.6 Å². The Bertz CT molecular complexity index is 566. The van der Waals surface area contributed by atoms with Gasteiger partial charge in [-0.1, -0.05) is 28.1 Å². The van der Waals surface area contributed by atoms with Gasteiger partial charge >= 0.3 is 0 Å². The number of halogens is 1. The second-order valence-electron chi connectivity index (χ2n) is 4.58. The zero-order valence-corrected chi connectivity index (χ0v) is 13.9. The van der Waals surface area contributed by atoms with Crippen molar-refractivity contribution < 1.29 is 8.42 Å². The van der Waals surface area contributed by atoms with Gasteiger partial charge in [-0.25, -0.2) is 0 Å². The van der Waals surface area contributed by atoms with Crippen LogP contribution in [0.1, 0.15) is 18.9 Å². The van der Waals surface area contributed by atoms with Gasteiger partial charge in [-0.2, -0.15) is 22.7 Å². The largest absolute Gasteiger partial charge is 0.279 e. The first-order valence-corrected chi connectivity index (χ1v) is 8.43. The minimum absolute atomic E-state index is 0.179. The Morgan fingerprint density at radius 3 is 2.55 bits per heavy atom. The van der Waals surface area contributed by atoms with Crippen LogP contribution in [0.4, 0.5) is 0 Å². The zero-order chi connectivity index (χ0) is 15.2. The van der Waals surface area contributed by atoms with E-state index in [2.05, 4.69) is 20.7 Å². The van der Waals surface area contributed by atoms with Crippen LogP contribution in [0, 0.1) is 11.3 Å². The predicted octanol–water partition coefficient (Wildman–Crippen LogP) is 2.06. The molecule has 0 aliphatic carbocycles. The number of nitriles is 1. The molecule has 0 fully saturated rings. The Balaban J connectivity index is 2.58. The van der Waals surface area contributed by atoms with Gasteiger partial charge in [-0.05, 0) is 31.0 Å². The van der Waals surface area contributed by atoms with Crippen molar-refractivity contribution >= 4 is 26.1 Å². The lowest BCUT2D eigenvalue weighted by molar-refractivity contribution is 0.454. The molecule has 0 bridgehead atoms. The number of rotatable bonds is 7. The summed E-state index contributed by atoms with van der Waals surface area (Å²) in [5.41, 5.74) is 1.06. The van der Waals surface area contributed by atoms with Crippen molar-refractivity contribution in [3.63, 3.8) is 0 Å². The summed E-state index contributed by atoms with van der Waals surface area (Å²) in [6, 6.07) is 9.47. The van der Waals surface area contributed by atoms with Crippen LogP contribution in [-0.2, 0) is 16.6 Å². The van der Waals surface area contributed by atoms with Crippen LogP contribution in [0.25, 0.3) is 0 Å². The topological polar surface area (TPSA) is 73.2 Å². The zero-order valence-electron chi connectivity index (χ0n) is 11.5. The highest BCUT2D eigenvalue weighted by atomic mass is 79.9. The molecule has 0 aliphatic heterocycles. The van der Waals surface area contributed by atoms with Gasteiger partial charge in [0.15, 0.2) is 0 Å². The van der Waals surface area contributed by atoms with Crippen LogP contribution in [0.5, 0.6) is 0 Å². The number of nitrogens with one attached hydrogen (secondary N) is 1. The van der Waals surface area contributed by atoms with E-state index in [0.717, 1.165) is 14.3 Å². The lowest BCUT2D eigenvalue weighted by Gasteiger charge is -2.20. The van der Waals surface area contributed by atoms with Crippen LogP contribution in [0.3, 0.4) is 0 Å². The summed E-state index contributed by atoms with van der Waals surface area (Å²) in [5, 5.41) is 8.48. The first kappa shape index (κ1) is 17.1. The molecule has 0 radical (unpaired) electrons. The maximum Gasteiger partial charge on any atom is 0.279 e. The van der Waals surface area contributed by atoms with Gasteiger partial charge in [0, 0.05) is 30.5 Å². The fraction of sp³-hybridized carbons (Fsp3) is 0.462. The molecule has 7 heteroatoms. The third-order valence-corrected chi connectivity index (χ3v) is 4.99. The summed E-state index contributed by atoms with van der Waals surface area (Å²) in [5.74, 6) is 0. The molecule has 1 N–H and O–H groups in total. The van der Waals surface area contributed by atoms with Gasteiger partial charge < -0.3 is 0 Å². The molecule has 0 spiro atoms. The Labute approximate surface area is 128 Å². The first-order chi connectivity index (χ1) is 9.35. The molecule has 1 rings (SSSR count). The molecule has 0 saturated carbocycles. The average molecular weight is 360 g/mol. The Hall–Kier alpha value is -0.940. The average Bonchev–Trinajstić information content (AvgIpc) is 2.37. The first-order valence-electron chi connectivity index (χ1n) is 6.20. The van der Waals surface area contributed by atoms with Crippen molar-refractivity contribution in [2.24, 2.45) is 0 Å². The van der Waals surface area contributed by atoms with E-state index in [0.29, 0.717) is 6.42 Å². The molecule has 1 atom stereocenters. The van der Waals surface area contributed by atoms with E-state index in [9.17, 15) is 8.42 Å².